The molecule has 1 aromatic rings. The van der Waals surface area contributed by atoms with E-state index in [1.165, 1.54) is 28.5 Å². The minimum absolute atomic E-state index is 0.129. The molecule has 0 radical (unpaired) electrons. The van der Waals surface area contributed by atoms with E-state index in [1.807, 2.05) is 0 Å². The first kappa shape index (κ1) is 16.5. The van der Waals surface area contributed by atoms with Crippen LogP contribution in [0.15, 0.2) is 21.7 Å². The third kappa shape index (κ3) is 3.12. The number of hydrogen-bond acceptors (Lipinski definition) is 5. The fourth-order valence-corrected chi connectivity index (χ4v) is 6.57. The molecule has 4 rings (SSSR count). The second kappa shape index (κ2) is 6.40. The second-order valence-corrected chi connectivity index (χ2v) is 9.99. The van der Waals surface area contributed by atoms with Crippen LogP contribution in [0.4, 0.5) is 0 Å². The maximum Gasteiger partial charge on any atom is 0.253 e. The van der Waals surface area contributed by atoms with Crippen LogP contribution in [-0.2, 0) is 14.8 Å². The van der Waals surface area contributed by atoms with Gasteiger partial charge < -0.3 is 5.32 Å². The minimum Gasteiger partial charge on any atom is -0.351 e. The van der Waals surface area contributed by atoms with Gasteiger partial charge in [0.1, 0.15) is 10.3 Å². The largest absolute Gasteiger partial charge is 0.351 e. The quantitative estimate of drug-likeness (QED) is 0.848. The van der Waals surface area contributed by atoms with E-state index in [0.29, 0.717) is 23.2 Å². The van der Waals surface area contributed by atoms with E-state index in [1.54, 1.807) is 17.5 Å². The molecular weight excluding hydrogens is 346 g/mol. The number of nitrogens with zero attached hydrogens (tertiary/aromatic N) is 2. The summed E-state index contributed by atoms with van der Waals surface area (Å²) in [6.45, 7) is 2.37. The van der Waals surface area contributed by atoms with Gasteiger partial charge in [0.15, 0.2) is 0 Å². The van der Waals surface area contributed by atoms with Crippen LogP contribution in [0.1, 0.15) is 32.1 Å². The predicted octanol–water partition coefficient (Wildman–Crippen LogP) is 1.25. The van der Waals surface area contributed by atoms with Gasteiger partial charge in [-0.05, 0) is 43.6 Å². The van der Waals surface area contributed by atoms with Gasteiger partial charge in [0.25, 0.3) is 10.0 Å². The van der Waals surface area contributed by atoms with Crippen molar-refractivity contribution in [2.75, 3.05) is 19.6 Å². The summed E-state index contributed by atoms with van der Waals surface area (Å²) >= 11 is 1.21. The molecule has 2 aliphatic heterocycles. The van der Waals surface area contributed by atoms with Gasteiger partial charge in [0.2, 0.25) is 5.91 Å². The highest BCUT2D eigenvalue weighted by Crippen LogP contribution is 2.31. The minimum atomic E-state index is -3.56. The number of hydrogen-bond donors (Lipinski definition) is 1. The Kier molecular flexibility index (Phi) is 4.40. The Morgan fingerprint density at radius 2 is 2.04 bits per heavy atom. The molecule has 1 saturated carbocycles. The number of carbonyl (C=O) groups is 1. The van der Waals surface area contributed by atoms with E-state index in [2.05, 4.69) is 10.2 Å². The maximum atomic E-state index is 12.7. The van der Waals surface area contributed by atoms with E-state index in [0.717, 1.165) is 25.9 Å². The first-order valence-electron chi connectivity index (χ1n) is 8.65. The van der Waals surface area contributed by atoms with Crippen LogP contribution in [0.25, 0.3) is 0 Å². The zero-order valence-corrected chi connectivity index (χ0v) is 15.2. The monoisotopic (exact) mass is 369 g/mol. The number of thiophene rings is 1. The summed E-state index contributed by atoms with van der Waals surface area (Å²) in [6.07, 6.45) is 4.86. The summed E-state index contributed by atoms with van der Waals surface area (Å²) in [4.78, 5) is 15.1. The molecule has 1 amide bonds. The summed E-state index contributed by atoms with van der Waals surface area (Å²) in [7, 11) is -3.56. The first-order chi connectivity index (χ1) is 11.6. The molecule has 3 aliphatic rings. The first-order valence-corrected chi connectivity index (χ1v) is 11.0. The number of sulfonamides is 1. The van der Waals surface area contributed by atoms with Crippen molar-refractivity contribution in [2.24, 2.45) is 0 Å². The van der Waals surface area contributed by atoms with E-state index in [4.69, 9.17) is 0 Å². The van der Waals surface area contributed by atoms with Crippen molar-refractivity contribution in [3.8, 4) is 0 Å². The predicted molar refractivity (Wildman–Crippen MR) is 92.4 cm³/mol. The molecule has 6 nitrogen and oxygen atoms in total. The number of likely N-dealkylation sites (tertiary alicyclic amines) is 1. The lowest BCUT2D eigenvalue weighted by Crippen LogP contribution is -2.49. The van der Waals surface area contributed by atoms with Gasteiger partial charge in [0, 0.05) is 31.7 Å². The van der Waals surface area contributed by atoms with Gasteiger partial charge in [-0.3, -0.25) is 9.69 Å². The number of carbonyl (C=O) groups excluding carboxylic acids is 1. The molecule has 132 valence electrons. The molecule has 8 heteroatoms. The zero-order chi connectivity index (χ0) is 16.7. The van der Waals surface area contributed by atoms with Crippen molar-refractivity contribution in [3.05, 3.63) is 17.5 Å². The van der Waals surface area contributed by atoms with E-state index in [-0.39, 0.29) is 11.9 Å². The van der Waals surface area contributed by atoms with Gasteiger partial charge in [-0.1, -0.05) is 6.07 Å². The molecule has 0 spiro atoms. The van der Waals surface area contributed by atoms with Crippen LogP contribution in [-0.4, -0.2) is 61.3 Å². The van der Waals surface area contributed by atoms with Gasteiger partial charge in [-0.2, -0.15) is 4.31 Å². The normalized spacial score (nSPS) is 29.2. The Balaban J connectivity index is 1.42. The van der Waals surface area contributed by atoms with Crippen LogP contribution < -0.4 is 5.32 Å². The topological polar surface area (TPSA) is 69.7 Å². The van der Waals surface area contributed by atoms with E-state index >= 15 is 0 Å². The Morgan fingerprint density at radius 3 is 2.75 bits per heavy atom. The van der Waals surface area contributed by atoms with Crippen molar-refractivity contribution < 1.29 is 13.2 Å². The molecule has 24 heavy (non-hydrogen) atoms. The number of rotatable bonds is 5. The SMILES string of the molecule is O=C(NC1CCN(C2CC2)C1)C1CCCN1S(=O)(=O)c1cccs1. The average Bonchev–Trinajstić information content (AvgIpc) is 3.05. The summed E-state index contributed by atoms with van der Waals surface area (Å²) in [6, 6.07) is 3.65. The highest BCUT2D eigenvalue weighted by atomic mass is 32.2. The van der Waals surface area contributed by atoms with Crippen molar-refractivity contribution in [2.45, 2.75) is 54.4 Å². The summed E-state index contributed by atoms with van der Waals surface area (Å²) in [5, 5.41) is 4.85. The Labute approximate surface area is 146 Å². The van der Waals surface area contributed by atoms with Crippen LogP contribution in [0, 0.1) is 0 Å². The van der Waals surface area contributed by atoms with Gasteiger partial charge in [-0.25, -0.2) is 8.42 Å². The fraction of sp³-hybridized carbons (Fsp3) is 0.688. The second-order valence-electron chi connectivity index (χ2n) is 6.93. The summed E-state index contributed by atoms with van der Waals surface area (Å²) in [5.41, 5.74) is 0. The van der Waals surface area contributed by atoms with E-state index in [9.17, 15) is 13.2 Å². The van der Waals surface area contributed by atoms with Crippen molar-refractivity contribution in [1.82, 2.24) is 14.5 Å². The summed E-state index contributed by atoms with van der Waals surface area (Å²) < 4.78 is 27.2. The molecule has 3 fully saturated rings. The molecule has 2 unspecified atom stereocenters. The van der Waals surface area contributed by atoms with Crippen molar-refractivity contribution in [1.29, 1.82) is 0 Å². The molecule has 1 aromatic heterocycles. The molecule has 0 bridgehead atoms. The Hall–Kier alpha value is -0.960. The van der Waals surface area contributed by atoms with Crippen molar-refractivity contribution in [3.63, 3.8) is 0 Å². The molecule has 0 aromatic carbocycles. The van der Waals surface area contributed by atoms with Crippen LogP contribution >= 0.6 is 11.3 Å². The molecule has 1 aliphatic carbocycles. The molecule has 2 atom stereocenters. The fourth-order valence-electron chi connectivity index (χ4n) is 3.79. The summed E-state index contributed by atoms with van der Waals surface area (Å²) in [5.74, 6) is -0.129. The molecular formula is C16H23N3O3S2. The Morgan fingerprint density at radius 1 is 1.21 bits per heavy atom. The zero-order valence-electron chi connectivity index (χ0n) is 13.6. The highest BCUT2D eigenvalue weighted by Gasteiger charge is 2.41. The Bertz CT molecular complexity index is 700. The van der Waals surface area contributed by atoms with Gasteiger partial charge in [0.05, 0.1) is 0 Å². The smallest absolute Gasteiger partial charge is 0.253 e. The molecule has 1 N–H and O–H groups in total. The maximum absolute atomic E-state index is 12.7. The molecule has 2 saturated heterocycles. The van der Waals surface area contributed by atoms with Crippen LogP contribution in [0.2, 0.25) is 0 Å². The number of nitrogens with one attached hydrogen (secondary N) is 1. The average molecular weight is 370 g/mol. The highest BCUT2D eigenvalue weighted by molar-refractivity contribution is 7.91. The third-order valence-corrected chi connectivity index (χ3v) is 8.47. The lowest BCUT2D eigenvalue weighted by atomic mass is 10.2. The number of amides is 1. The van der Waals surface area contributed by atoms with Crippen molar-refractivity contribution >= 4 is 27.3 Å². The van der Waals surface area contributed by atoms with Gasteiger partial charge >= 0.3 is 0 Å². The van der Waals surface area contributed by atoms with Crippen LogP contribution in [0.3, 0.4) is 0 Å². The molecule has 3 heterocycles. The lowest BCUT2D eigenvalue weighted by Gasteiger charge is -2.24. The third-order valence-electron chi connectivity index (χ3n) is 5.19. The lowest BCUT2D eigenvalue weighted by molar-refractivity contribution is -0.124. The standard InChI is InChI=1S/C16H23N3O3S2/c20-16(17-12-7-9-18(11-12)13-5-6-13)14-3-1-8-19(14)24(21,22)15-4-2-10-23-15/h2,4,10,12-14H,1,3,5-9,11H2,(H,17,20). The van der Waals surface area contributed by atoms with E-state index < -0.39 is 16.1 Å². The van der Waals surface area contributed by atoms with Gasteiger partial charge in [-0.15, -0.1) is 11.3 Å². The van der Waals surface area contributed by atoms with Crippen LogP contribution in [0.5, 0.6) is 0 Å².